The van der Waals surface area contributed by atoms with Crippen LogP contribution in [0.1, 0.15) is 24.1 Å². The Bertz CT molecular complexity index is 856. The summed E-state index contributed by atoms with van der Waals surface area (Å²) in [6.45, 7) is 4.63. The minimum absolute atomic E-state index is 0.116. The third-order valence-corrected chi connectivity index (χ3v) is 6.49. The maximum absolute atomic E-state index is 10.4. The van der Waals surface area contributed by atoms with E-state index in [1.807, 2.05) is 37.3 Å². The van der Waals surface area contributed by atoms with Crippen molar-refractivity contribution in [3.63, 3.8) is 0 Å². The van der Waals surface area contributed by atoms with Gasteiger partial charge in [-0.05, 0) is 65.4 Å². The molecular weight excluding hydrogens is 491 g/mol. The van der Waals surface area contributed by atoms with E-state index in [9.17, 15) is 5.11 Å². The van der Waals surface area contributed by atoms with Crippen LogP contribution in [0, 0.1) is 10.6 Å². The van der Waals surface area contributed by atoms with Crippen molar-refractivity contribution < 1.29 is 14.6 Å². The number of ether oxygens (including phenoxy) is 2. The van der Waals surface area contributed by atoms with Crippen LogP contribution < -0.4 is 9.47 Å². The fourth-order valence-electron chi connectivity index (χ4n) is 3.98. The monoisotopic (exact) mass is 514 g/mol. The molecule has 0 bridgehead atoms. The zero-order valence-corrected chi connectivity index (χ0v) is 18.7. The van der Waals surface area contributed by atoms with Gasteiger partial charge in [-0.15, -0.1) is 0 Å². The van der Waals surface area contributed by atoms with Gasteiger partial charge in [0.1, 0.15) is 27.8 Å². The smallest absolute Gasteiger partial charge is 0.151 e. The van der Waals surface area contributed by atoms with Crippen LogP contribution in [-0.4, -0.2) is 52.9 Å². The van der Waals surface area contributed by atoms with Crippen LogP contribution in [0.4, 0.5) is 0 Å². The molecule has 1 N–H and O–H groups in total. The molecule has 0 aliphatic carbocycles. The third kappa shape index (κ3) is 4.56. The second kappa shape index (κ2) is 8.34. The number of aryl methyl sites for hydroxylation is 1. The van der Waals surface area contributed by atoms with Crippen molar-refractivity contribution >= 4 is 34.2 Å². The normalized spacial score (nSPS) is 19.3. The molecule has 1 spiro atoms. The molecule has 1 unspecified atom stereocenters. The van der Waals surface area contributed by atoms with Gasteiger partial charge in [-0.3, -0.25) is 0 Å². The lowest BCUT2D eigenvalue weighted by molar-refractivity contribution is -0.00204. The Hall–Kier alpha value is -1.09. The molecule has 7 heteroatoms. The van der Waals surface area contributed by atoms with Gasteiger partial charge in [-0.2, -0.15) is 0 Å². The standard InChI is InChI=1S/C21H24ClIN2O3/c1-14-2-4-19(20(23)24-14)27-13-17(26)12-25-8-6-21(7-9-25)11-15-10-16(22)3-5-18(15)28-21/h2-5,10,17,26H,6-9,11-13H2,1H3. The molecule has 4 rings (SSSR count). The van der Waals surface area contributed by atoms with Gasteiger partial charge in [-0.25, -0.2) is 4.98 Å². The van der Waals surface area contributed by atoms with Gasteiger partial charge >= 0.3 is 0 Å². The zero-order valence-electron chi connectivity index (χ0n) is 15.8. The van der Waals surface area contributed by atoms with Gasteiger partial charge in [0.25, 0.3) is 0 Å². The number of aliphatic hydroxyl groups excluding tert-OH is 1. The first kappa shape index (κ1) is 20.2. The summed E-state index contributed by atoms with van der Waals surface area (Å²) in [5.41, 5.74) is 2.04. The van der Waals surface area contributed by atoms with Crippen molar-refractivity contribution in [2.75, 3.05) is 26.2 Å². The maximum Gasteiger partial charge on any atom is 0.151 e. The van der Waals surface area contributed by atoms with E-state index < -0.39 is 6.10 Å². The van der Waals surface area contributed by atoms with Crippen molar-refractivity contribution in [3.05, 3.63) is 50.3 Å². The van der Waals surface area contributed by atoms with Crippen molar-refractivity contribution in [2.45, 2.75) is 37.9 Å². The van der Waals surface area contributed by atoms with E-state index in [4.69, 9.17) is 21.1 Å². The van der Waals surface area contributed by atoms with Gasteiger partial charge in [0, 0.05) is 49.6 Å². The number of benzene rings is 1. The Labute approximate surface area is 184 Å². The molecule has 1 fully saturated rings. The summed E-state index contributed by atoms with van der Waals surface area (Å²) in [6, 6.07) is 9.70. The number of nitrogens with zero attached hydrogens (tertiary/aromatic N) is 2. The number of halogens is 2. The highest BCUT2D eigenvalue weighted by atomic mass is 127. The largest absolute Gasteiger partial charge is 0.488 e. The summed E-state index contributed by atoms with van der Waals surface area (Å²) in [7, 11) is 0. The fraction of sp³-hybridized carbons (Fsp3) is 0.476. The van der Waals surface area contributed by atoms with Gasteiger partial charge in [0.15, 0.2) is 5.75 Å². The van der Waals surface area contributed by atoms with Crippen LogP contribution in [0.2, 0.25) is 5.02 Å². The SMILES string of the molecule is Cc1ccc(OCC(O)CN2CCC3(CC2)Cc2cc(Cl)ccc2O3)c(I)n1. The Morgan fingerprint density at radius 2 is 2.11 bits per heavy atom. The molecule has 1 atom stereocenters. The van der Waals surface area contributed by atoms with Gasteiger partial charge in [0.05, 0.1) is 0 Å². The average Bonchev–Trinajstić information content (AvgIpc) is 3.00. The van der Waals surface area contributed by atoms with Gasteiger partial charge in [-0.1, -0.05) is 11.6 Å². The molecule has 5 nitrogen and oxygen atoms in total. The molecule has 3 heterocycles. The number of pyridine rings is 1. The zero-order chi connectivity index (χ0) is 19.7. The van der Waals surface area contributed by atoms with Gasteiger partial charge in [0.2, 0.25) is 0 Å². The summed E-state index contributed by atoms with van der Waals surface area (Å²) in [5.74, 6) is 1.69. The lowest BCUT2D eigenvalue weighted by atomic mass is 9.87. The molecule has 0 radical (unpaired) electrons. The number of rotatable bonds is 5. The van der Waals surface area contributed by atoms with E-state index in [1.54, 1.807) is 0 Å². The Morgan fingerprint density at radius 1 is 1.32 bits per heavy atom. The first-order valence-corrected chi connectivity index (χ1v) is 11.0. The maximum atomic E-state index is 10.4. The summed E-state index contributed by atoms with van der Waals surface area (Å²) in [6.07, 6.45) is 2.28. The number of fused-ring (bicyclic) bond motifs is 1. The molecular formula is C21H24ClIN2O3. The second-order valence-corrected chi connectivity index (χ2v) is 9.18. The highest BCUT2D eigenvalue weighted by Gasteiger charge is 2.42. The number of aliphatic hydroxyl groups is 1. The van der Waals surface area contributed by atoms with E-state index in [0.29, 0.717) is 6.54 Å². The predicted molar refractivity (Wildman–Crippen MR) is 117 cm³/mol. The predicted octanol–water partition coefficient (Wildman–Crippen LogP) is 3.86. The number of hydrogen-bond donors (Lipinski definition) is 1. The second-order valence-electron chi connectivity index (χ2n) is 7.72. The van der Waals surface area contributed by atoms with E-state index in [0.717, 1.165) is 58.3 Å². The van der Waals surface area contributed by atoms with Crippen LogP contribution in [0.5, 0.6) is 11.5 Å². The van der Waals surface area contributed by atoms with Crippen molar-refractivity contribution in [1.29, 1.82) is 0 Å². The van der Waals surface area contributed by atoms with E-state index in [2.05, 4.69) is 32.5 Å². The number of β-amino-alcohol motifs (C(OH)–C–C–N with tert-alkyl or cyclic N) is 1. The van der Waals surface area contributed by atoms with E-state index in [1.165, 1.54) is 5.56 Å². The van der Waals surface area contributed by atoms with Crippen LogP contribution in [-0.2, 0) is 6.42 Å². The average molecular weight is 515 g/mol. The van der Waals surface area contributed by atoms with E-state index >= 15 is 0 Å². The quantitative estimate of drug-likeness (QED) is 0.485. The van der Waals surface area contributed by atoms with Crippen molar-refractivity contribution in [1.82, 2.24) is 9.88 Å². The Kier molecular flexibility index (Phi) is 6.01. The summed E-state index contributed by atoms with van der Waals surface area (Å²) in [4.78, 5) is 6.67. The third-order valence-electron chi connectivity index (χ3n) is 5.48. The molecule has 2 aliphatic heterocycles. The summed E-state index contributed by atoms with van der Waals surface area (Å²) < 4.78 is 12.9. The van der Waals surface area contributed by atoms with E-state index in [-0.39, 0.29) is 12.2 Å². The van der Waals surface area contributed by atoms with Crippen LogP contribution in [0.25, 0.3) is 0 Å². The molecule has 2 aromatic rings. The summed E-state index contributed by atoms with van der Waals surface area (Å²) >= 11 is 8.27. The molecule has 2 aliphatic rings. The molecule has 1 saturated heterocycles. The highest BCUT2D eigenvalue weighted by molar-refractivity contribution is 14.1. The lowest BCUT2D eigenvalue weighted by Gasteiger charge is -2.39. The lowest BCUT2D eigenvalue weighted by Crippen LogP contribution is -2.49. The van der Waals surface area contributed by atoms with Gasteiger partial charge < -0.3 is 19.5 Å². The number of likely N-dealkylation sites (tertiary alicyclic amines) is 1. The molecule has 28 heavy (non-hydrogen) atoms. The highest BCUT2D eigenvalue weighted by Crippen LogP contribution is 2.41. The number of piperidine rings is 1. The Balaban J connectivity index is 1.25. The molecule has 1 aromatic carbocycles. The minimum atomic E-state index is -0.536. The first-order valence-electron chi connectivity index (χ1n) is 9.56. The van der Waals surface area contributed by atoms with Crippen LogP contribution in [0.15, 0.2) is 30.3 Å². The molecule has 0 amide bonds. The topological polar surface area (TPSA) is 54.8 Å². The number of aromatic nitrogens is 1. The molecule has 0 saturated carbocycles. The summed E-state index contributed by atoms with van der Waals surface area (Å²) in [5, 5.41) is 11.2. The van der Waals surface area contributed by atoms with Crippen LogP contribution >= 0.6 is 34.2 Å². The molecule has 150 valence electrons. The fourth-order valence-corrected chi connectivity index (χ4v) is 4.89. The molecule has 1 aromatic heterocycles. The first-order chi connectivity index (χ1) is 13.4. The number of hydrogen-bond acceptors (Lipinski definition) is 5. The van der Waals surface area contributed by atoms with Crippen molar-refractivity contribution in [3.8, 4) is 11.5 Å². The minimum Gasteiger partial charge on any atom is -0.488 e. The van der Waals surface area contributed by atoms with Crippen LogP contribution in [0.3, 0.4) is 0 Å². The van der Waals surface area contributed by atoms with Crippen molar-refractivity contribution in [2.24, 2.45) is 0 Å². The Morgan fingerprint density at radius 3 is 2.86 bits per heavy atom.